The quantitative estimate of drug-likeness (QED) is 0.804. The molecule has 1 atom stereocenters. The second-order valence-electron chi connectivity index (χ2n) is 3.90. The molecule has 2 N–H and O–H groups in total. The molecule has 1 aromatic carbocycles. The second kappa shape index (κ2) is 5.45. The van der Waals surface area contributed by atoms with Crippen LogP contribution in [-0.4, -0.2) is 25.1 Å². The van der Waals surface area contributed by atoms with Crippen molar-refractivity contribution in [1.29, 1.82) is 0 Å². The number of rotatable bonds is 4. The van der Waals surface area contributed by atoms with Gasteiger partial charge in [-0.15, -0.1) is 0 Å². The Hall–Kier alpha value is -1.88. The minimum Gasteiger partial charge on any atom is -0.376 e. The number of benzene rings is 1. The molecule has 1 heterocycles. The van der Waals surface area contributed by atoms with Crippen molar-refractivity contribution in [3.05, 3.63) is 35.9 Å². The van der Waals surface area contributed by atoms with Crippen LogP contribution in [0.2, 0.25) is 0 Å². The van der Waals surface area contributed by atoms with Crippen LogP contribution < -0.4 is 10.6 Å². The molecule has 1 saturated heterocycles. The number of carbonyl (C=O) groups is 2. The van der Waals surface area contributed by atoms with Gasteiger partial charge in [0, 0.05) is 6.54 Å². The largest absolute Gasteiger partial charge is 0.376 e. The molecule has 0 aliphatic carbocycles. The molecule has 1 aliphatic rings. The highest BCUT2D eigenvalue weighted by Crippen LogP contribution is 2.05. The van der Waals surface area contributed by atoms with Crippen LogP contribution in [0.15, 0.2) is 30.3 Å². The Balaban J connectivity index is 1.75. The molecule has 5 heteroatoms. The molecule has 3 amide bonds. The number of nitrogens with one attached hydrogen (secondary N) is 2. The van der Waals surface area contributed by atoms with Crippen LogP contribution in [0.25, 0.3) is 0 Å². The molecule has 1 aromatic rings. The SMILES string of the molecule is O=C1NCC(COCc2ccccc2)C(=O)N1. The van der Waals surface area contributed by atoms with Gasteiger partial charge in [0.05, 0.1) is 19.1 Å². The summed E-state index contributed by atoms with van der Waals surface area (Å²) in [6, 6.07) is 9.30. The Kier molecular flexibility index (Phi) is 3.72. The fourth-order valence-electron chi connectivity index (χ4n) is 1.59. The molecule has 0 radical (unpaired) electrons. The van der Waals surface area contributed by atoms with Crippen LogP contribution in [0.1, 0.15) is 5.56 Å². The van der Waals surface area contributed by atoms with Crippen molar-refractivity contribution in [3.8, 4) is 0 Å². The van der Waals surface area contributed by atoms with E-state index < -0.39 is 6.03 Å². The van der Waals surface area contributed by atoms with Gasteiger partial charge in [-0.25, -0.2) is 4.79 Å². The van der Waals surface area contributed by atoms with E-state index in [0.29, 0.717) is 19.8 Å². The minimum absolute atomic E-state index is 0.276. The van der Waals surface area contributed by atoms with Gasteiger partial charge in [-0.1, -0.05) is 30.3 Å². The van der Waals surface area contributed by atoms with E-state index in [2.05, 4.69) is 10.6 Å². The van der Waals surface area contributed by atoms with Gasteiger partial charge in [0.1, 0.15) is 0 Å². The van der Waals surface area contributed by atoms with Crippen LogP contribution in [0.4, 0.5) is 4.79 Å². The summed E-state index contributed by atoms with van der Waals surface area (Å²) in [5.74, 6) is -0.585. The molecule has 0 aromatic heterocycles. The fraction of sp³-hybridized carbons (Fsp3) is 0.333. The predicted octanol–water partition coefficient (Wildman–Crippen LogP) is 0.659. The summed E-state index contributed by atoms with van der Waals surface area (Å²) in [4.78, 5) is 22.2. The van der Waals surface area contributed by atoms with Crippen molar-refractivity contribution in [1.82, 2.24) is 10.6 Å². The Morgan fingerprint density at radius 3 is 2.71 bits per heavy atom. The maximum absolute atomic E-state index is 11.4. The van der Waals surface area contributed by atoms with Gasteiger partial charge >= 0.3 is 6.03 Å². The summed E-state index contributed by atoms with van der Waals surface area (Å²) in [5, 5.41) is 4.77. The summed E-state index contributed by atoms with van der Waals surface area (Å²) in [7, 11) is 0. The van der Waals surface area contributed by atoms with Gasteiger partial charge in [0.25, 0.3) is 0 Å². The topological polar surface area (TPSA) is 67.4 Å². The Bertz CT molecular complexity index is 405. The Labute approximate surface area is 99.2 Å². The van der Waals surface area contributed by atoms with Crippen LogP contribution in [0, 0.1) is 5.92 Å². The van der Waals surface area contributed by atoms with Crippen molar-refractivity contribution in [2.45, 2.75) is 6.61 Å². The van der Waals surface area contributed by atoms with Gasteiger partial charge in [-0.05, 0) is 5.56 Å². The third kappa shape index (κ3) is 3.29. The lowest BCUT2D eigenvalue weighted by Gasteiger charge is -2.21. The van der Waals surface area contributed by atoms with E-state index in [1.54, 1.807) is 0 Å². The highest BCUT2D eigenvalue weighted by molar-refractivity contribution is 5.97. The number of carbonyl (C=O) groups excluding carboxylic acids is 2. The molecule has 1 aliphatic heterocycles. The lowest BCUT2D eigenvalue weighted by molar-refractivity contribution is -0.126. The molecule has 0 spiro atoms. The molecule has 1 fully saturated rings. The van der Waals surface area contributed by atoms with Crippen LogP contribution >= 0.6 is 0 Å². The number of hydrogen-bond acceptors (Lipinski definition) is 3. The molecule has 0 saturated carbocycles. The smallest absolute Gasteiger partial charge is 0.321 e. The summed E-state index contributed by atoms with van der Waals surface area (Å²) in [6.45, 7) is 1.11. The molecule has 17 heavy (non-hydrogen) atoms. The van der Waals surface area contributed by atoms with Crippen molar-refractivity contribution >= 4 is 11.9 Å². The maximum Gasteiger partial charge on any atom is 0.321 e. The van der Waals surface area contributed by atoms with Crippen molar-refractivity contribution < 1.29 is 14.3 Å². The number of ether oxygens (including phenoxy) is 1. The fourth-order valence-corrected chi connectivity index (χ4v) is 1.59. The molecule has 90 valence electrons. The first-order valence-corrected chi connectivity index (χ1v) is 5.46. The Morgan fingerprint density at radius 1 is 1.24 bits per heavy atom. The maximum atomic E-state index is 11.4. The second-order valence-corrected chi connectivity index (χ2v) is 3.90. The lowest BCUT2D eigenvalue weighted by atomic mass is 10.1. The number of urea groups is 1. The molecule has 0 bridgehead atoms. The summed E-state index contributed by atoms with van der Waals surface area (Å²) >= 11 is 0. The van der Waals surface area contributed by atoms with Gasteiger partial charge in [-0.3, -0.25) is 10.1 Å². The zero-order chi connectivity index (χ0) is 12.1. The summed E-state index contributed by atoms with van der Waals surface area (Å²) in [5.41, 5.74) is 1.06. The van der Waals surface area contributed by atoms with Gasteiger partial charge < -0.3 is 10.1 Å². The van der Waals surface area contributed by atoms with Crippen LogP contribution in [0.3, 0.4) is 0 Å². The number of hydrogen-bond donors (Lipinski definition) is 2. The molecular formula is C12H14N2O3. The zero-order valence-corrected chi connectivity index (χ0v) is 9.31. The summed E-state index contributed by atoms with van der Waals surface area (Å²) < 4.78 is 5.45. The van der Waals surface area contributed by atoms with E-state index in [-0.39, 0.29) is 11.8 Å². The average Bonchev–Trinajstić information content (AvgIpc) is 2.33. The first-order valence-electron chi connectivity index (χ1n) is 5.46. The monoisotopic (exact) mass is 234 g/mol. The van der Waals surface area contributed by atoms with E-state index in [1.807, 2.05) is 30.3 Å². The standard InChI is InChI=1S/C12H14N2O3/c15-11-10(6-13-12(16)14-11)8-17-7-9-4-2-1-3-5-9/h1-5,10H,6-8H2,(H2,13,14,15,16). The lowest BCUT2D eigenvalue weighted by Crippen LogP contribution is -2.53. The third-order valence-electron chi connectivity index (χ3n) is 2.55. The van der Waals surface area contributed by atoms with Crippen molar-refractivity contribution in [2.75, 3.05) is 13.2 Å². The zero-order valence-electron chi connectivity index (χ0n) is 9.31. The van der Waals surface area contributed by atoms with E-state index >= 15 is 0 Å². The van der Waals surface area contributed by atoms with Gasteiger partial charge in [0.15, 0.2) is 0 Å². The van der Waals surface area contributed by atoms with E-state index in [9.17, 15) is 9.59 Å². The predicted molar refractivity (Wildman–Crippen MR) is 61.1 cm³/mol. The van der Waals surface area contributed by atoms with E-state index in [1.165, 1.54) is 0 Å². The first-order chi connectivity index (χ1) is 8.25. The molecular weight excluding hydrogens is 220 g/mol. The highest BCUT2D eigenvalue weighted by atomic mass is 16.5. The first kappa shape index (κ1) is 11.6. The Morgan fingerprint density at radius 2 is 2.00 bits per heavy atom. The minimum atomic E-state index is -0.436. The molecule has 2 rings (SSSR count). The highest BCUT2D eigenvalue weighted by Gasteiger charge is 2.25. The summed E-state index contributed by atoms with van der Waals surface area (Å²) in [6.07, 6.45) is 0. The molecule has 5 nitrogen and oxygen atoms in total. The normalized spacial score (nSPS) is 19.6. The van der Waals surface area contributed by atoms with Crippen LogP contribution in [-0.2, 0) is 16.1 Å². The van der Waals surface area contributed by atoms with Crippen molar-refractivity contribution in [2.24, 2.45) is 5.92 Å². The van der Waals surface area contributed by atoms with Gasteiger partial charge in [0.2, 0.25) is 5.91 Å². The van der Waals surface area contributed by atoms with Crippen molar-refractivity contribution in [3.63, 3.8) is 0 Å². The number of amides is 3. The van der Waals surface area contributed by atoms with Crippen LogP contribution in [0.5, 0.6) is 0 Å². The third-order valence-corrected chi connectivity index (χ3v) is 2.55. The number of imide groups is 1. The average molecular weight is 234 g/mol. The van der Waals surface area contributed by atoms with E-state index in [0.717, 1.165) is 5.56 Å². The van der Waals surface area contributed by atoms with E-state index in [4.69, 9.17) is 4.74 Å². The van der Waals surface area contributed by atoms with Gasteiger partial charge in [-0.2, -0.15) is 0 Å². The molecule has 1 unspecified atom stereocenters.